The van der Waals surface area contributed by atoms with Gasteiger partial charge in [-0.15, -0.1) is 0 Å². The van der Waals surface area contributed by atoms with Gasteiger partial charge in [0.1, 0.15) is 0 Å². The fourth-order valence-electron chi connectivity index (χ4n) is 2.87. The summed E-state index contributed by atoms with van der Waals surface area (Å²) >= 11 is 1.52. The standard InChI is InChI=1S/C23H18N2O2S/c1-27-19-14-8-13-18(21(19)26)15-24-23-25-20(16-9-4-2-5-10-16)22(28-23)17-11-6-3-7-12-17/h2-15,26H,1H3/b24-15+. The summed E-state index contributed by atoms with van der Waals surface area (Å²) in [5.74, 6) is 0.481. The van der Waals surface area contributed by atoms with E-state index in [1.54, 1.807) is 18.3 Å². The highest BCUT2D eigenvalue weighted by Gasteiger charge is 2.14. The van der Waals surface area contributed by atoms with Crippen molar-refractivity contribution >= 4 is 22.7 Å². The number of hydrogen-bond donors (Lipinski definition) is 1. The van der Waals surface area contributed by atoms with Crippen LogP contribution >= 0.6 is 11.3 Å². The number of aromatic nitrogens is 1. The molecule has 1 aromatic heterocycles. The third kappa shape index (κ3) is 3.66. The molecule has 0 saturated heterocycles. The van der Waals surface area contributed by atoms with Gasteiger partial charge in [-0.05, 0) is 17.7 Å². The normalized spacial score (nSPS) is 11.0. The van der Waals surface area contributed by atoms with Gasteiger partial charge in [0.15, 0.2) is 11.5 Å². The molecule has 0 bridgehead atoms. The highest BCUT2D eigenvalue weighted by Crippen LogP contribution is 2.40. The van der Waals surface area contributed by atoms with Crippen molar-refractivity contribution in [3.05, 3.63) is 84.4 Å². The van der Waals surface area contributed by atoms with E-state index in [0.29, 0.717) is 16.4 Å². The van der Waals surface area contributed by atoms with Gasteiger partial charge >= 0.3 is 0 Å². The molecule has 0 radical (unpaired) electrons. The van der Waals surface area contributed by atoms with Crippen LogP contribution in [0.25, 0.3) is 21.7 Å². The lowest BCUT2D eigenvalue weighted by Crippen LogP contribution is -1.88. The highest BCUT2D eigenvalue weighted by atomic mass is 32.1. The lowest BCUT2D eigenvalue weighted by Gasteiger charge is -2.04. The van der Waals surface area contributed by atoms with E-state index in [2.05, 4.69) is 17.1 Å². The van der Waals surface area contributed by atoms with Crippen molar-refractivity contribution in [2.24, 2.45) is 4.99 Å². The number of benzene rings is 3. The minimum Gasteiger partial charge on any atom is -0.504 e. The Hall–Kier alpha value is -3.44. The lowest BCUT2D eigenvalue weighted by atomic mass is 10.1. The molecule has 4 nitrogen and oxygen atoms in total. The molecule has 138 valence electrons. The quantitative estimate of drug-likeness (QED) is 0.432. The number of methoxy groups -OCH3 is 1. The first kappa shape index (κ1) is 17.9. The molecule has 0 unspecified atom stereocenters. The number of phenols is 1. The van der Waals surface area contributed by atoms with E-state index in [1.165, 1.54) is 18.4 Å². The third-order valence-corrected chi connectivity index (χ3v) is 5.28. The van der Waals surface area contributed by atoms with Crippen LogP contribution in [0.15, 0.2) is 83.9 Å². The van der Waals surface area contributed by atoms with Gasteiger partial charge in [0.2, 0.25) is 5.13 Å². The Morgan fingerprint density at radius 1 is 0.893 bits per heavy atom. The number of phenolic OH excluding ortho intramolecular Hbond substituents is 1. The molecule has 0 spiro atoms. The SMILES string of the molecule is COc1cccc(/C=N/c2nc(-c3ccccc3)c(-c3ccccc3)s2)c1O. The molecule has 1 N–H and O–H groups in total. The average molecular weight is 386 g/mol. The number of thiazole rings is 1. The second kappa shape index (κ2) is 8.06. The van der Waals surface area contributed by atoms with Crippen LogP contribution in [0.3, 0.4) is 0 Å². The summed E-state index contributed by atoms with van der Waals surface area (Å²) in [5.41, 5.74) is 3.63. The van der Waals surface area contributed by atoms with Crippen molar-refractivity contribution < 1.29 is 9.84 Å². The number of ether oxygens (including phenoxy) is 1. The number of para-hydroxylation sites is 1. The second-order valence-corrected chi connectivity index (χ2v) is 7.04. The smallest absolute Gasteiger partial charge is 0.210 e. The molecule has 5 heteroatoms. The maximum atomic E-state index is 10.2. The van der Waals surface area contributed by atoms with Crippen LogP contribution in [-0.4, -0.2) is 23.4 Å². The van der Waals surface area contributed by atoms with Gasteiger partial charge in [-0.2, -0.15) is 0 Å². The van der Waals surface area contributed by atoms with Gasteiger partial charge in [-0.1, -0.05) is 78.1 Å². The predicted octanol–water partition coefficient (Wildman–Crippen LogP) is 5.94. The van der Waals surface area contributed by atoms with Crippen LogP contribution in [0.4, 0.5) is 5.13 Å². The predicted molar refractivity (Wildman–Crippen MR) is 115 cm³/mol. The van der Waals surface area contributed by atoms with Crippen molar-refractivity contribution in [2.45, 2.75) is 0 Å². The van der Waals surface area contributed by atoms with Crippen molar-refractivity contribution in [1.29, 1.82) is 0 Å². The third-order valence-electron chi connectivity index (χ3n) is 4.26. The monoisotopic (exact) mass is 386 g/mol. The van der Waals surface area contributed by atoms with Gasteiger partial charge in [0, 0.05) is 17.3 Å². The Kier molecular flexibility index (Phi) is 5.17. The summed E-state index contributed by atoms with van der Waals surface area (Å²) in [7, 11) is 1.52. The molecule has 28 heavy (non-hydrogen) atoms. The summed E-state index contributed by atoms with van der Waals surface area (Å²) < 4.78 is 5.15. The summed E-state index contributed by atoms with van der Waals surface area (Å²) in [5, 5.41) is 10.9. The van der Waals surface area contributed by atoms with E-state index in [-0.39, 0.29) is 5.75 Å². The van der Waals surface area contributed by atoms with E-state index < -0.39 is 0 Å². The first-order chi connectivity index (χ1) is 13.8. The van der Waals surface area contributed by atoms with Crippen LogP contribution < -0.4 is 4.74 Å². The first-order valence-electron chi connectivity index (χ1n) is 8.78. The molecule has 0 fully saturated rings. The van der Waals surface area contributed by atoms with Gasteiger partial charge in [-0.3, -0.25) is 0 Å². The van der Waals surface area contributed by atoms with Crippen molar-refractivity contribution in [3.63, 3.8) is 0 Å². The Balaban J connectivity index is 1.76. The number of hydrogen-bond acceptors (Lipinski definition) is 5. The summed E-state index contributed by atoms with van der Waals surface area (Å²) in [6, 6.07) is 25.5. The molecule has 0 aliphatic heterocycles. The van der Waals surface area contributed by atoms with E-state index in [1.807, 2.05) is 54.6 Å². The minimum atomic E-state index is 0.0665. The van der Waals surface area contributed by atoms with Gasteiger partial charge in [0.05, 0.1) is 17.7 Å². The first-order valence-corrected chi connectivity index (χ1v) is 9.59. The maximum Gasteiger partial charge on any atom is 0.210 e. The topological polar surface area (TPSA) is 54.7 Å². The molecular weight excluding hydrogens is 368 g/mol. The number of aliphatic imine (C=N–C) groups is 1. The van der Waals surface area contributed by atoms with E-state index >= 15 is 0 Å². The van der Waals surface area contributed by atoms with Gasteiger partial charge in [-0.25, -0.2) is 9.98 Å². The largest absolute Gasteiger partial charge is 0.504 e. The molecule has 0 amide bonds. The molecular formula is C23H18N2O2S. The van der Waals surface area contributed by atoms with Gasteiger partial charge in [0.25, 0.3) is 0 Å². The zero-order valence-corrected chi connectivity index (χ0v) is 16.1. The molecule has 0 aliphatic rings. The number of aromatic hydroxyl groups is 1. The van der Waals surface area contributed by atoms with Crippen LogP contribution in [-0.2, 0) is 0 Å². The molecule has 0 aliphatic carbocycles. The molecule has 4 rings (SSSR count). The van der Waals surface area contributed by atoms with Crippen LogP contribution in [0.5, 0.6) is 11.5 Å². The number of rotatable bonds is 5. The van der Waals surface area contributed by atoms with Crippen LogP contribution in [0.2, 0.25) is 0 Å². The fourth-order valence-corrected chi connectivity index (χ4v) is 3.81. The van der Waals surface area contributed by atoms with Crippen LogP contribution in [0.1, 0.15) is 5.56 Å². The molecule has 4 aromatic rings. The van der Waals surface area contributed by atoms with Crippen molar-refractivity contribution in [1.82, 2.24) is 4.98 Å². The van der Waals surface area contributed by atoms with E-state index in [4.69, 9.17) is 9.72 Å². The molecule has 0 saturated carbocycles. The van der Waals surface area contributed by atoms with E-state index in [9.17, 15) is 5.11 Å². The van der Waals surface area contributed by atoms with Crippen molar-refractivity contribution in [2.75, 3.05) is 7.11 Å². The Morgan fingerprint density at radius 3 is 2.25 bits per heavy atom. The summed E-state index contributed by atoms with van der Waals surface area (Å²) in [6.45, 7) is 0. The average Bonchev–Trinajstić information content (AvgIpc) is 3.19. The maximum absolute atomic E-state index is 10.2. The molecule has 0 atom stereocenters. The zero-order valence-electron chi connectivity index (χ0n) is 15.2. The number of nitrogens with zero attached hydrogens (tertiary/aromatic N) is 2. The Bertz CT molecular complexity index is 1050. The second-order valence-electron chi connectivity index (χ2n) is 6.06. The molecule has 1 heterocycles. The summed E-state index contributed by atoms with van der Waals surface area (Å²) in [6.07, 6.45) is 1.61. The lowest BCUT2D eigenvalue weighted by molar-refractivity contribution is 0.373. The zero-order chi connectivity index (χ0) is 19.3. The summed E-state index contributed by atoms with van der Waals surface area (Å²) in [4.78, 5) is 10.3. The minimum absolute atomic E-state index is 0.0665. The highest BCUT2D eigenvalue weighted by molar-refractivity contribution is 7.19. The van der Waals surface area contributed by atoms with E-state index in [0.717, 1.165) is 21.7 Å². The van der Waals surface area contributed by atoms with Crippen LogP contribution in [0, 0.1) is 0 Å². The Morgan fingerprint density at radius 2 is 1.57 bits per heavy atom. The molecule has 3 aromatic carbocycles. The fraction of sp³-hybridized carbons (Fsp3) is 0.0435. The van der Waals surface area contributed by atoms with Gasteiger partial charge < -0.3 is 9.84 Å². The van der Waals surface area contributed by atoms with Crippen molar-refractivity contribution in [3.8, 4) is 33.2 Å². The Labute approximate surface area is 167 Å².